The Labute approximate surface area is 84.9 Å². The van der Waals surface area contributed by atoms with Gasteiger partial charge in [-0.25, -0.2) is 4.39 Å². The van der Waals surface area contributed by atoms with Gasteiger partial charge in [0, 0.05) is 12.1 Å². The molecule has 0 unspecified atom stereocenters. The van der Waals surface area contributed by atoms with Crippen LogP contribution in [0.5, 0.6) is 5.75 Å². The second kappa shape index (κ2) is 4.91. The normalized spacial score (nSPS) is 9.33. The molecule has 0 atom stereocenters. The van der Waals surface area contributed by atoms with Crippen LogP contribution in [0.4, 0.5) is 10.1 Å². The molecule has 0 heterocycles. The summed E-state index contributed by atoms with van der Waals surface area (Å²) < 4.78 is 17.7. The van der Waals surface area contributed by atoms with Crippen LogP contribution in [0.3, 0.4) is 0 Å². The highest BCUT2D eigenvalue weighted by atomic mass is 19.1. The zero-order valence-corrected chi connectivity index (χ0v) is 7.64. The van der Waals surface area contributed by atoms with E-state index >= 15 is 0 Å². The smallest absolute Gasteiger partial charge is 0.311 e. The molecule has 0 saturated heterocycles. The summed E-state index contributed by atoms with van der Waals surface area (Å²) in [6, 6.07) is 4.75. The highest BCUT2D eigenvalue weighted by Gasteiger charge is 2.15. The predicted octanol–water partition coefficient (Wildman–Crippen LogP) is 2.03. The summed E-state index contributed by atoms with van der Waals surface area (Å²) in [6.45, 7) is 0.000787. The van der Waals surface area contributed by atoms with Crippen molar-refractivity contribution in [2.24, 2.45) is 0 Å². The third-order valence-corrected chi connectivity index (χ3v) is 1.59. The molecule has 5 nitrogen and oxygen atoms in total. The number of nitro groups is 1. The highest BCUT2D eigenvalue weighted by Crippen LogP contribution is 2.27. The molecule has 1 aromatic rings. The van der Waals surface area contributed by atoms with Crippen molar-refractivity contribution in [3.8, 4) is 11.8 Å². The van der Waals surface area contributed by atoms with Crippen molar-refractivity contribution in [3.05, 3.63) is 34.1 Å². The van der Waals surface area contributed by atoms with Gasteiger partial charge < -0.3 is 4.74 Å². The molecule has 0 N–H and O–H groups in total. The van der Waals surface area contributed by atoms with Gasteiger partial charge in [-0.3, -0.25) is 10.1 Å². The van der Waals surface area contributed by atoms with E-state index in [2.05, 4.69) is 0 Å². The molecule has 0 aromatic heterocycles. The Balaban J connectivity index is 2.88. The monoisotopic (exact) mass is 210 g/mol. The van der Waals surface area contributed by atoms with Crippen LogP contribution < -0.4 is 4.74 Å². The summed E-state index contributed by atoms with van der Waals surface area (Å²) in [7, 11) is 0. The average Bonchev–Trinajstić information content (AvgIpc) is 2.18. The zero-order valence-electron chi connectivity index (χ0n) is 7.64. The lowest BCUT2D eigenvalue weighted by Crippen LogP contribution is -2.00. The van der Waals surface area contributed by atoms with E-state index in [0.29, 0.717) is 0 Å². The number of halogens is 1. The maximum atomic E-state index is 12.8. The van der Waals surface area contributed by atoms with E-state index in [9.17, 15) is 14.5 Å². The average molecular weight is 210 g/mol. The van der Waals surface area contributed by atoms with E-state index in [1.54, 1.807) is 0 Å². The molecule has 6 heteroatoms. The third-order valence-electron chi connectivity index (χ3n) is 1.59. The van der Waals surface area contributed by atoms with Crippen LogP contribution in [0.25, 0.3) is 0 Å². The molecule has 0 fully saturated rings. The number of nitro benzene ring substituents is 1. The lowest BCUT2D eigenvalue weighted by atomic mass is 10.3. The molecular weight excluding hydrogens is 203 g/mol. The standard InChI is InChI=1S/C9H7FN2O3/c10-7-2-3-8(12(13)14)9(6-7)15-5-1-4-11/h2-3,6H,1,5H2. The molecule has 1 rings (SSSR count). The number of rotatable bonds is 4. The molecular formula is C9H7FN2O3. The molecule has 1 aromatic carbocycles. The summed E-state index contributed by atoms with van der Waals surface area (Å²) in [5.74, 6) is -0.775. The van der Waals surface area contributed by atoms with Crippen molar-refractivity contribution in [1.82, 2.24) is 0 Å². The van der Waals surface area contributed by atoms with E-state index in [-0.39, 0.29) is 24.5 Å². The van der Waals surface area contributed by atoms with Crippen molar-refractivity contribution >= 4 is 5.69 Å². The van der Waals surface area contributed by atoms with E-state index in [0.717, 1.165) is 18.2 Å². The minimum atomic E-state index is -0.666. The predicted molar refractivity (Wildman–Crippen MR) is 48.8 cm³/mol. The van der Waals surface area contributed by atoms with Gasteiger partial charge in [0.05, 0.1) is 17.4 Å². The molecule has 0 aliphatic heterocycles. The number of nitrogens with zero attached hydrogens (tertiary/aromatic N) is 2. The topological polar surface area (TPSA) is 76.2 Å². The quantitative estimate of drug-likeness (QED) is 0.432. The minimum Gasteiger partial charge on any atom is -0.486 e. The summed E-state index contributed by atoms with van der Waals surface area (Å²) in [4.78, 5) is 9.84. The molecule has 78 valence electrons. The molecule has 0 aliphatic rings. The Morgan fingerprint density at radius 1 is 1.60 bits per heavy atom. The van der Waals surface area contributed by atoms with Gasteiger partial charge in [0.1, 0.15) is 12.4 Å². The molecule has 0 spiro atoms. The number of benzene rings is 1. The Morgan fingerprint density at radius 3 is 2.93 bits per heavy atom. The minimum absolute atomic E-state index is 0.000787. The fraction of sp³-hybridized carbons (Fsp3) is 0.222. The lowest BCUT2D eigenvalue weighted by Gasteiger charge is -2.03. The van der Waals surface area contributed by atoms with Gasteiger partial charge in [-0.15, -0.1) is 0 Å². The molecule has 15 heavy (non-hydrogen) atoms. The van der Waals surface area contributed by atoms with Gasteiger partial charge in [0.25, 0.3) is 0 Å². The first-order valence-electron chi connectivity index (χ1n) is 4.09. The second-order valence-electron chi connectivity index (χ2n) is 2.63. The van der Waals surface area contributed by atoms with Gasteiger partial charge in [0.2, 0.25) is 0 Å². The van der Waals surface area contributed by atoms with E-state index in [1.165, 1.54) is 0 Å². The number of hydrogen-bond donors (Lipinski definition) is 0. The summed E-state index contributed by atoms with van der Waals surface area (Å²) in [5, 5.41) is 18.7. The van der Waals surface area contributed by atoms with Gasteiger partial charge in [0.15, 0.2) is 5.75 Å². The summed E-state index contributed by atoms with van der Waals surface area (Å²) in [5.41, 5.74) is -0.311. The van der Waals surface area contributed by atoms with Gasteiger partial charge in [-0.1, -0.05) is 0 Å². The fourth-order valence-corrected chi connectivity index (χ4v) is 0.961. The summed E-state index contributed by atoms with van der Waals surface area (Å²) >= 11 is 0. The first kappa shape index (κ1) is 10.9. The van der Waals surface area contributed by atoms with Crippen LogP contribution in [0, 0.1) is 27.3 Å². The van der Waals surface area contributed by atoms with Crippen LogP contribution in [0.15, 0.2) is 18.2 Å². The van der Waals surface area contributed by atoms with Crippen molar-refractivity contribution in [2.45, 2.75) is 6.42 Å². The molecule has 0 aliphatic carbocycles. The third kappa shape index (κ3) is 2.91. The van der Waals surface area contributed by atoms with Crippen LogP contribution >= 0.6 is 0 Å². The lowest BCUT2D eigenvalue weighted by molar-refractivity contribution is -0.385. The van der Waals surface area contributed by atoms with Gasteiger partial charge >= 0.3 is 5.69 Å². The van der Waals surface area contributed by atoms with E-state index in [1.807, 2.05) is 6.07 Å². The Bertz CT molecular complexity index is 414. The summed E-state index contributed by atoms with van der Waals surface area (Å²) in [6.07, 6.45) is 0.0909. The number of ether oxygens (including phenoxy) is 1. The van der Waals surface area contributed by atoms with Crippen molar-refractivity contribution in [1.29, 1.82) is 5.26 Å². The number of nitriles is 1. The largest absolute Gasteiger partial charge is 0.486 e. The molecule has 0 amide bonds. The van der Waals surface area contributed by atoms with Crippen LogP contribution in [0.1, 0.15) is 6.42 Å². The second-order valence-corrected chi connectivity index (χ2v) is 2.63. The number of hydrogen-bond acceptors (Lipinski definition) is 4. The van der Waals surface area contributed by atoms with Crippen molar-refractivity contribution in [3.63, 3.8) is 0 Å². The van der Waals surface area contributed by atoms with E-state index in [4.69, 9.17) is 10.00 Å². The fourth-order valence-electron chi connectivity index (χ4n) is 0.961. The maximum absolute atomic E-state index is 12.8. The molecule has 0 saturated carbocycles. The van der Waals surface area contributed by atoms with Crippen LogP contribution in [-0.4, -0.2) is 11.5 Å². The highest BCUT2D eigenvalue weighted by molar-refractivity contribution is 5.46. The van der Waals surface area contributed by atoms with Crippen molar-refractivity contribution in [2.75, 3.05) is 6.61 Å². The first-order valence-corrected chi connectivity index (χ1v) is 4.09. The SMILES string of the molecule is N#CCCOc1cc(F)ccc1[N+](=O)[O-]. The molecule has 0 bridgehead atoms. The zero-order chi connectivity index (χ0) is 11.3. The van der Waals surface area contributed by atoms with Crippen LogP contribution in [-0.2, 0) is 0 Å². The van der Waals surface area contributed by atoms with Crippen molar-refractivity contribution < 1.29 is 14.1 Å². The maximum Gasteiger partial charge on any atom is 0.311 e. The molecule has 0 radical (unpaired) electrons. The van der Waals surface area contributed by atoms with E-state index < -0.39 is 10.7 Å². The van der Waals surface area contributed by atoms with Gasteiger partial charge in [-0.05, 0) is 6.07 Å². The Hall–Kier alpha value is -2.16. The van der Waals surface area contributed by atoms with Crippen LogP contribution in [0.2, 0.25) is 0 Å². The van der Waals surface area contributed by atoms with Gasteiger partial charge in [-0.2, -0.15) is 5.26 Å². The first-order chi connectivity index (χ1) is 7.15. The Kier molecular flexibility index (Phi) is 3.57. The Morgan fingerprint density at radius 2 is 2.33 bits per heavy atom.